The molecule has 0 radical (unpaired) electrons. The molecule has 30 heavy (non-hydrogen) atoms. The minimum Gasteiger partial charge on any atom is -0.496 e. The molecule has 1 atom stereocenters. The van der Waals surface area contributed by atoms with Crippen molar-refractivity contribution in [2.24, 2.45) is 0 Å². The monoisotopic (exact) mass is 412 g/mol. The van der Waals surface area contributed by atoms with E-state index >= 15 is 0 Å². The van der Waals surface area contributed by atoms with Gasteiger partial charge >= 0.3 is 0 Å². The number of hydrogen-bond acceptors (Lipinski definition) is 4. The number of amides is 1. The van der Waals surface area contributed by atoms with E-state index in [9.17, 15) is 9.18 Å². The second-order valence-electron chi connectivity index (χ2n) is 8.16. The van der Waals surface area contributed by atoms with Gasteiger partial charge in [-0.05, 0) is 32.0 Å². The SMILES string of the molecule is COc1ccccc1C1CN(C(=O)C2(c3ccccc3F)CCOCC2)CCN1C. The van der Waals surface area contributed by atoms with E-state index in [0.717, 1.165) is 17.9 Å². The first-order chi connectivity index (χ1) is 14.6. The Kier molecular flexibility index (Phi) is 6.06. The van der Waals surface area contributed by atoms with Gasteiger partial charge in [0.2, 0.25) is 5.91 Å². The molecule has 2 fully saturated rings. The van der Waals surface area contributed by atoms with Gasteiger partial charge in [0.15, 0.2) is 0 Å². The Balaban J connectivity index is 1.66. The van der Waals surface area contributed by atoms with Crippen molar-refractivity contribution in [2.75, 3.05) is 47.0 Å². The molecule has 0 bridgehead atoms. The van der Waals surface area contributed by atoms with Gasteiger partial charge in [0.05, 0.1) is 18.6 Å². The van der Waals surface area contributed by atoms with E-state index in [-0.39, 0.29) is 17.8 Å². The second-order valence-corrected chi connectivity index (χ2v) is 8.16. The number of halogens is 1. The summed E-state index contributed by atoms with van der Waals surface area (Å²) in [5.41, 5.74) is 0.683. The van der Waals surface area contributed by atoms with Crippen LogP contribution < -0.4 is 4.74 Å². The third-order valence-electron chi connectivity index (χ3n) is 6.58. The molecule has 2 aliphatic rings. The van der Waals surface area contributed by atoms with Gasteiger partial charge in [0, 0.05) is 44.0 Å². The number of carbonyl (C=O) groups is 1. The Labute approximate surface area is 177 Å². The minimum absolute atomic E-state index is 0.00361. The lowest BCUT2D eigenvalue weighted by Gasteiger charge is -2.45. The molecule has 2 saturated heterocycles. The van der Waals surface area contributed by atoms with Crippen LogP contribution in [0.25, 0.3) is 0 Å². The average Bonchev–Trinajstić information content (AvgIpc) is 2.79. The topological polar surface area (TPSA) is 42.0 Å². The van der Waals surface area contributed by atoms with Crippen LogP contribution in [0, 0.1) is 5.82 Å². The largest absolute Gasteiger partial charge is 0.496 e. The van der Waals surface area contributed by atoms with E-state index in [1.54, 1.807) is 19.2 Å². The zero-order valence-corrected chi connectivity index (χ0v) is 17.6. The molecule has 0 saturated carbocycles. The number of benzene rings is 2. The molecule has 0 aliphatic carbocycles. The van der Waals surface area contributed by atoms with E-state index in [4.69, 9.17) is 9.47 Å². The van der Waals surface area contributed by atoms with Crippen LogP contribution in [0.2, 0.25) is 0 Å². The fraction of sp³-hybridized carbons (Fsp3) is 0.458. The third-order valence-corrected chi connectivity index (χ3v) is 6.58. The Morgan fingerprint density at radius 2 is 1.80 bits per heavy atom. The zero-order valence-electron chi connectivity index (χ0n) is 17.6. The highest BCUT2D eigenvalue weighted by Crippen LogP contribution is 2.40. The van der Waals surface area contributed by atoms with E-state index in [1.165, 1.54) is 6.07 Å². The van der Waals surface area contributed by atoms with Gasteiger partial charge in [-0.15, -0.1) is 0 Å². The molecule has 2 aliphatic heterocycles. The summed E-state index contributed by atoms with van der Waals surface area (Å²) in [7, 11) is 3.74. The first kappa shape index (κ1) is 20.8. The van der Waals surface area contributed by atoms with Crippen molar-refractivity contribution in [1.29, 1.82) is 0 Å². The van der Waals surface area contributed by atoms with Crippen LogP contribution in [-0.2, 0) is 14.9 Å². The van der Waals surface area contributed by atoms with E-state index in [0.29, 0.717) is 44.7 Å². The predicted octanol–water partition coefficient (Wildman–Crippen LogP) is 3.40. The first-order valence-electron chi connectivity index (χ1n) is 10.5. The molecular formula is C24H29FN2O3. The average molecular weight is 413 g/mol. The molecular weight excluding hydrogens is 383 g/mol. The Morgan fingerprint density at radius 3 is 2.53 bits per heavy atom. The van der Waals surface area contributed by atoms with Gasteiger partial charge < -0.3 is 14.4 Å². The molecule has 0 aromatic heterocycles. The van der Waals surface area contributed by atoms with Gasteiger partial charge in [-0.3, -0.25) is 9.69 Å². The molecule has 1 amide bonds. The number of carbonyl (C=O) groups excluding carboxylic acids is 1. The van der Waals surface area contributed by atoms with Crippen molar-refractivity contribution in [3.8, 4) is 5.75 Å². The number of ether oxygens (including phenoxy) is 2. The maximum Gasteiger partial charge on any atom is 0.233 e. The van der Waals surface area contributed by atoms with Crippen molar-refractivity contribution < 1.29 is 18.7 Å². The van der Waals surface area contributed by atoms with Gasteiger partial charge in [0.25, 0.3) is 0 Å². The van der Waals surface area contributed by atoms with Gasteiger partial charge in [-0.1, -0.05) is 36.4 Å². The molecule has 0 N–H and O–H groups in total. The minimum atomic E-state index is -0.870. The molecule has 6 heteroatoms. The van der Waals surface area contributed by atoms with Crippen LogP contribution in [0.5, 0.6) is 5.75 Å². The van der Waals surface area contributed by atoms with Crippen molar-refractivity contribution in [2.45, 2.75) is 24.3 Å². The van der Waals surface area contributed by atoms with Crippen LogP contribution in [0.4, 0.5) is 4.39 Å². The zero-order chi connectivity index (χ0) is 21.1. The fourth-order valence-corrected chi connectivity index (χ4v) is 4.81. The number of hydrogen-bond donors (Lipinski definition) is 0. The summed E-state index contributed by atoms with van der Waals surface area (Å²) in [5.74, 6) is 0.505. The van der Waals surface area contributed by atoms with Crippen molar-refractivity contribution in [1.82, 2.24) is 9.80 Å². The van der Waals surface area contributed by atoms with Crippen molar-refractivity contribution in [3.05, 3.63) is 65.5 Å². The lowest BCUT2D eigenvalue weighted by atomic mass is 9.72. The Bertz CT molecular complexity index is 898. The lowest BCUT2D eigenvalue weighted by Crippen LogP contribution is -2.56. The first-order valence-corrected chi connectivity index (χ1v) is 10.5. The molecule has 2 heterocycles. The van der Waals surface area contributed by atoms with Gasteiger partial charge in [-0.25, -0.2) is 4.39 Å². The normalized spacial score (nSPS) is 22.0. The van der Waals surface area contributed by atoms with Crippen LogP contribution in [0.1, 0.15) is 30.0 Å². The number of nitrogens with zero attached hydrogens (tertiary/aromatic N) is 2. The summed E-state index contributed by atoms with van der Waals surface area (Å²) in [6, 6.07) is 14.6. The second kappa shape index (κ2) is 8.74. The van der Waals surface area contributed by atoms with Crippen LogP contribution in [0.3, 0.4) is 0 Å². The number of likely N-dealkylation sites (N-methyl/N-ethyl adjacent to an activating group) is 1. The molecule has 160 valence electrons. The van der Waals surface area contributed by atoms with E-state index < -0.39 is 5.41 Å². The smallest absolute Gasteiger partial charge is 0.233 e. The van der Waals surface area contributed by atoms with Crippen molar-refractivity contribution >= 4 is 5.91 Å². The highest BCUT2D eigenvalue weighted by Gasteiger charge is 2.47. The standard InChI is InChI=1S/C24H29FN2O3/c1-26-13-14-27(17-21(26)18-7-3-6-10-22(18)29-2)23(28)24(11-15-30-16-12-24)19-8-4-5-9-20(19)25/h3-10,21H,11-17H2,1-2H3. The summed E-state index contributed by atoms with van der Waals surface area (Å²) in [6.07, 6.45) is 0.997. The Hall–Kier alpha value is -2.44. The highest BCUT2D eigenvalue weighted by molar-refractivity contribution is 5.88. The third kappa shape index (κ3) is 3.70. The van der Waals surface area contributed by atoms with Crippen LogP contribution in [-0.4, -0.2) is 62.7 Å². The summed E-state index contributed by atoms with van der Waals surface area (Å²) in [4.78, 5) is 18.1. The maximum atomic E-state index is 14.8. The van der Waals surface area contributed by atoms with Gasteiger partial charge in [0.1, 0.15) is 11.6 Å². The fourth-order valence-electron chi connectivity index (χ4n) is 4.81. The number of para-hydroxylation sites is 1. The van der Waals surface area contributed by atoms with Crippen molar-refractivity contribution in [3.63, 3.8) is 0 Å². The maximum absolute atomic E-state index is 14.8. The summed E-state index contributed by atoms with van der Waals surface area (Å²) in [6.45, 7) is 2.84. The quantitative estimate of drug-likeness (QED) is 0.772. The van der Waals surface area contributed by atoms with Crippen LogP contribution >= 0.6 is 0 Å². The van der Waals surface area contributed by atoms with Gasteiger partial charge in [-0.2, -0.15) is 0 Å². The number of rotatable bonds is 4. The molecule has 5 nitrogen and oxygen atoms in total. The number of methoxy groups -OCH3 is 1. The lowest BCUT2D eigenvalue weighted by molar-refractivity contribution is -0.144. The van der Waals surface area contributed by atoms with E-state index in [2.05, 4.69) is 18.0 Å². The molecule has 2 aromatic carbocycles. The Morgan fingerprint density at radius 1 is 1.10 bits per heavy atom. The molecule has 4 rings (SSSR count). The molecule has 2 aromatic rings. The van der Waals surface area contributed by atoms with E-state index in [1.807, 2.05) is 29.2 Å². The van der Waals surface area contributed by atoms with Crippen LogP contribution in [0.15, 0.2) is 48.5 Å². The summed E-state index contributed by atoms with van der Waals surface area (Å²) >= 11 is 0. The molecule has 1 unspecified atom stereocenters. The summed E-state index contributed by atoms with van der Waals surface area (Å²) in [5, 5.41) is 0. The highest BCUT2D eigenvalue weighted by atomic mass is 19.1. The summed E-state index contributed by atoms with van der Waals surface area (Å²) < 4.78 is 25.9. The predicted molar refractivity (Wildman–Crippen MR) is 113 cm³/mol. The molecule has 0 spiro atoms. The number of piperazine rings is 1.